The lowest BCUT2D eigenvalue weighted by Crippen LogP contribution is -3.18. The van der Waals surface area contributed by atoms with Gasteiger partial charge < -0.3 is 14.4 Å². The summed E-state index contributed by atoms with van der Waals surface area (Å²) in [5.74, 6) is -0.799. The van der Waals surface area contributed by atoms with E-state index in [9.17, 15) is 14.4 Å². The van der Waals surface area contributed by atoms with E-state index in [0.29, 0.717) is 31.1 Å². The number of imide groups is 1. The number of hydrogen-bond donors (Lipinski definition) is 1. The molecule has 2 heterocycles. The van der Waals surface area contributed by atoms with Crippen molar-refractivity contribution in [2.75, 3.05) is 37.8 Å². The van der Waals surface area contributed by atoms with Gasteiger partial charge in [-0.25, -0.2) is 9.69 Å². The van der Waals surface area contributed by atoms with Crippen molar-refractivity contribution in [1.82, 2.24) is 0 Å². The average Bonchev–Trinajstić information content (AvgIpc) is 2.90. The molecular weight excluding hydrogens is 312 g/mol. The van der Waals surface area contributed by atoms with Gasteiger partial charge in [-0.2, -0.15) is 0 Å². The highest BCUT2D eigenvalue weighted by Gasteiger charge is 2.46. The Balaban J connectivity index is 1.75. The second-order valence-electron chi connectivity index (χ2n) is 5.86. The molecule has 0 bridgehead atoms. The van der Waals surface area contributed by atoms with Crippen molar-refractivity contribution in [3.05, 3.63) is 29.8 Å². The smallest absolute Gasteiger partial charge is 0.338 e. The standard InChI is InChI=1S/C17H20N2O5/c1-2-24-17(22)12-3-5-13(6-4-12)19-15(20)11-14(16(19)21)18-7-9-23-10-8-18/h3-6,14H,2,7-11H2,1H3/p+1/t14-/m0/s1. The van der Waals surface area contributed by atoms with Crippen LogP contribution in [-0.2, 0) is 19.1 Å². The van der Waals surface area contributed by atoms with E-state index >= 15 is 0 Å². The van der Waals surface area contributed by atoms with E-state index in [1.54, 1.807) is 31.2 Å². The summed E-state index contributed by atoms with van der Waals surface area (Å²) in [6.45, 7) is 4.73. The molecule has 1 aromatic carbocycles. The second-order valence-corrected chi connectivity index (χ2v) is 5.86. The molecule has 2 aliphatic heterocycles. The zero-order valence-corrected chi connectivity index (χ0v) is 13.6. The van der Waals surface area contributed by atoms with Crippen LogP contribution in [0.15, 0.2) is 24.3 Å². The SMILES string of the molecule is CCOC(=O)c1ccc(N2C(=O)C[C@H]([NH+]3CCOCC3)C2=O)cc1. The van der Waals surface area contributed by atoms with Gasteiger partial charge in [0.1, 0.15) is 13.1 Å². The van der Waals surface area contributed by atoms with Crippen LogP contribution in [0, 0.1) is 0 Å². The zero-order chi connectivity index (χ0) is 17.1. The Bertz CT molecular complexity index is 637. The Morgan fingerprint density at radius 1 is 1.25 bits per heavy atom. The summed E-state index contributed by atoms with van der Waals surface area (Å²) in [4.78, 5) is 39.0. The van der Waals surface area contributed by atoms with Crippen LogP contribution in [-0.4, -0.2) is 56.7 Å². The van der Waals surface area contributed by atoms with E-state index in [-0.39, 0.29) is 24.3 Å². The Hall–Kier alpha value is -2.25. The van der Waals surface area contributed by atoms with E-state index in [2.05, 4.69) is 0 Å². The van der Waals surface area contributed by atoms with Gasteiger partial charge in [-0.15, -0.1) is 0 Å². The summed E-state index contributed by atoms with van der Waals surface area (Å²) in [6, 6.07) is 6.02. The normalized spacial score (nSPS) is 22.0. The van der Waals surface area contributed by atoms with Crippen LogP contribution in [0.1, 0.15) is 23.7 Å². The summed E-state index contributed by atoms with van der Waals surface area (Å²) in [7, 11) is 0. The van der Waals surface area contributed by atoms with Crippen LogP contribution < -0.4 is 9.80 Å². The molecule has 0 spiro atoms. The molecule has 0 saturated carbocycles. The van der Waals surface area contributed by atoms with E-state index in [1.165, 1.54) is 4.90 Å². The molecule has 0 aromatic heterocycles. The van der Waals surface area contributed by atoms with Gasteiger partial charge >= 0.3 is 5.97 Å². The highest BCUT2D eigenvalue weighted by molar-refractivity contribution is 6.21. The summed E-state index contributed by atoms with van der Waals surface area (Å²) in [6.07, 6.45) is 0.216. The zero-order valence-electron chi connectivity index (χ0n) is 13.6. The van der Waals surface area contributed by atoms with Gasteiger partial charge in [0.25, 0.3) is 5.91 Å². The second kappa shape index (κ2) is 7.11. The van der Waals surface area contributed by atoms with Crippen molar-refractivity contribution in [3.8, 4) is 0 Å². The lowest BCUT2D eigenvalue weighted by atomic mass is 10.2. The number of ether oxygens (including phenoxy) is 2. The number of morpholine rings is 1. The number of anilines is 1. The van der Waals surface area contributed by atoms with Crippen molar-refractivity contribution < 1.29 is 28.8 Å². The van der Waals surface area contributed by atoms with Gasteiger partial charge in [0.15, 0.2) is 6.04 Å². The number of nitrogens with zero attached hydrogens (tertiary/aromatic N) is 1. The van der Waals surface area contributed by atoms with Gasteiger partial charge in [0, 0.05) is 0 Å². The molecule has 0 unspecified atom stereocenters. The molecule has 24 heavy (non-hydrogen) atoms. The molecule has 0 aliphatic carbocycles. The van der Waals surface area contributed by atoms with Crippen molar-refractivity contribution in [2.45, 2.75) is 19.4 Å². The van der Waals surface area contributed by atoms with Crippen LogP contribution in [0.25, 0.3) is 0 Å². The summed E-state index contributed by atoms with van der Waals surface area (Å²) in [5.41, 5.74) is 0.892. The lowest BCUT2D eigenvalue weighted by Gasteiger charge is -2.27. The third-order valence-electron chi connectivity index (χ3n) is 4.41. The maximum Gasteiger partial charge on any atom is 0.338 e. The fourth-order valence-electron chi connectivity index (χ4n) is 3.17. The number of benzene rings is 1. The predicted octanol–water partition coefficient (Wildman–Crippen LogP) is -0.590. The van der Waals surface area contributed by atoms with Crippen molar-refractivity contribution >= 4 is 23.5 Å². The lowest BCUT2D eigenvalue weighted by molar-refractivity contribution is -0.922. The third-order valence-corrected chi connectivity index (χ3v) is 4.41. The maximum atomic E-state index is 12.7. The minimum absolute atomic E-state index is 0.180. The summed E-state index contributed by atoms with van der Waals surface area (Å²) < 4.78 is 10.2. The number of nitrogens with one attached hydrogen (secondary N) is 1. The molecule has 2 saturated heterocycles. The minimum atomic E-state index is -0.418. The van der Waals surface area contributed by atoms with Crippen LogP contribution in [0.2, 0.25) is 0 Å². The third kappa shape index (κ3) is 3.18. The molecule has 1 N–H and O–H groups in total. The number of esters is 1. The fraction of sp³-hybridized carbons (Fsp3) is 0.471. The van der Waals surface area contributed by atoms with Gasteiger partial charge in [-0.05, 0) is 31.2 Å². The van der Waals surface area contributed by atoms with Crippen molar-refractivity contribution in [2.24, 2.45) is 0 Å². The number of carbonyl (C=O) groups excluding carboxylic acids is 3. The first-order chi connectivity index (χ1) is 11.6. The molecule has 0 radical (unpaired) electrons. The van der Waals surface area contributed by atoms with Gasteiger partial charge in [-0.3, -0.25) is 9.59 Å². The first kappa shape index (κ1) is 16.6. The van der Waals surface area contributed by atoms with Gasteiger partial charge in [0.05, 0.1) is 37.5 Å². The van der Waals surface area contributed by atoms with E-state index in [4.69, 9.17) is 9.47 Å². The molecule has 1 aromatic rings. The molecule has 7 nitrogen and oxygen atoms in total. The van der Waals surface area contributed by atoms with E-state index in [0.717, 1.165) is 18.0 Å². The number of carbonyl (C=O) groups is 3. The minimum Gasteiger partial charge on any atom is -0.462 e. The fourth-order valence-corrected chi connectivity index (χ4v) is 3.17. The van der Waals surface area contributed by atoms with Crippen molar-refractivity contribution in [3.63, 3.8) is 0 Å². The summed E-state index contributed by atoms with van der Waals surface area (Å²) >= 11 is 0. The van der Waals surface area contributed by atoms with Crippen LogP contribution in [0.4, 0.5) is 5.69 Å². The number of quaternary nitrogens is 1. The van der Waals surface area contributed by atoms with Gasteiger partial charge in [0.2, 0.25) is 5.91 Å². The Labute approximate surface area is 140 Å². The Morgan fingerprint density at radius 3 is 2.54 bits per heavy atom. The summed E-state index contributed by atoms with van der Waals surface area (Å²) in [5, 5.41) is 0. The first-order valence-corrected chi connectivity index (χ1v) is 8.18. The van der Waals surface area contributed by atoms with Crippen LogP contribution in [0.3, 0.4) is 0 Å². The largest absolute Gasteiger partial charge is 0.462 e. The first-order valence-electron chi connectivity index (χ1n) is 8.18. The number of hydrogen-bond acceptors (Lipinski definition) is 5. The highest BCUT2D eigenvalue weighted by Crippen LogP contribution is 2.22. The Kier molecular flexibility index (Phi) is 4.92. The molecule has 2 amide bonds. The highest BCUT2D eigenvalue weighted by atomic mass is 16.5. The number of rotatable bonds is 4. The molecular formula is C17H21N2O5+. The average molecular weight is 333 g/mol. The molecule has 3 rings (SSSR count). The molecule has 128 valence electrons. The topological polar surface area (TPSA) is 77.3 Å². The maximum absolute atomic E-state index is 12.7. The quantitative estimate of drug-likeness (QED) is 0.589. The van der Waals surface area contributed by atoms with E-state index in [1.807, 2.05) is 0 Å². The molecule has 2 aliphatic rings. The molecule has 2 fully saturated rings. The molecule has 1 atom stereocenters. The van der Waals surface area contributed by atoms with Crippen molar-refractivity contribution in [1.29, 1.82) is 0 Å². The monoisotopic (exact) mass is 333 g/mol. The van der Waals surface area contributed by atoms with Crippen LogP contribution in [0.5, 0.6) is 0 Å². The molecule has 7 heteroatoms. The van der Waals surface area contributed by atoms with E-state index < -0.39 is 5.97 Å². The van der Waals surface area contributed by atoms with Crippen LogP contribution >= 0.6 is 0 Å². The Morgan fingerprint density at radius 2 is 1.92 bits per heavy atom. The number of amides is 2. The van der Waals surface area contributed by atoms with Gasteiger partial charge in [-0.1, -0.05) is 0 Å². The predicted molar refractivity (Wildman–Crippen MR) is 84.8 cm³/mol.